The number of carbonyl (C=O) groups is 1. The topological polar surface area (TPSA) is 49.0 Å². The average Bonchev–Trinajstić information content (AvgIpc) is 3.35. The number of carbonyl (C=O) groups excluding carboxylic acids is 1. The van der Waals surface area contributed by atoms with Crippen LogP contribution in [0.25, 0.3) is 10.9 Å². The Bertz CT molecular complexity index is 906. The van der Waals surface area contributed by atoms with E-state index in [1.54, 1.807) is 22.7 Å². The van der Waals surface area contributed by atoms with Gasteiger partial charge in [0.25, 0.3) is 5.91 Å². The molecule has 1 amide bonds. The van der Waals surface area contributed by atoms with E-state index < -0.39 is 0 Å². The fraction of sp³-hybridized carbons (Fsp3) is 0.111. The van der Waals surface area contributed by atoms with Crippen LogP contribution in [0.1, 0.15) is 20.2 Å². The van der Waals surface area contributed by atoms with Crippen LogP contribution in [0.5, 0.6) is 0 Å². The van der Waals surface area contributed by atoms with Crippen LogP contribution in [0.3, 0.4) is 0 Å². The summed E-state index contributed by atoms with van der Waals surface area (Å²) >= 11 is 3.33. The SMILES string of the molecule is O=C(c1n[nH]c2ccccc12)N(Cc1cccs1)Cc1cccs1. The molecule has 6 heteroatoms. The van der Waals surface area contributed by atoms with E-state index in [0.29, 0.717) is 18.8 Å². The quantitative estimate of drug-likeness (QED) is 0.573. The van der Waals surface area contributed by atoms with Gasteiger partial charge in [-0.05, 0) is 29.0 Å². The number of nitrogens with zero attached hydrogens (tertiary/aromatic N) is 2. The van der Waals surface area contributed by atoms with Gasteiger partial charge in [0.1, 0.15) is 0 Å². The minimum atomic E-state index is -0.0470. The second-order valence-corrected chi connectivity index (χ2v) is 7.50. The fourth-order valence-corrected chi connectivity index (χ4v) is 4.10. The molecule has 0 bridgehead atoms. The number of H-pyrrole nitrogens is 1. The zero-order chi connectivity index (χ0) is 16.4. The summed E-state index contributed by atoms with van der Waals surface area (Å²) in [6, 6.07) is 15.9. The summed E-state index contributed by atoms with van der Waals surface area (Å²) in [4.78, 5) is 17.3. The van der Waals surface area contributed by atoms with Crippen molar-refractivity contribution in [2.75, 3.05) is 0 Å². The lowest BCUT2D eigenvalue weighted by Crippen LogP contribution is -2.30. The van der Waals surface area contributed by atoms with Crippen molar-refractivity contribution in [3.05, 3.63) is 74.7 Å². The maximum absolute atomic E-state index is 13.1. The summed E-state index contributed by atoms with van der Waals surface area (Å²) in [7, 11) is 0. The molecule has 0 aliphatic rings. The Balaban J connectivity index is 1.67. The number of aromatic nitrogens is 2. The summed E-state index contributed by atoms with van der Waals surface area (Å²) in [5.74, 6) is -0.0470. The molecule has 3 aromatic heterocycles. The van der Waals surface area contributed by atoms with Crippen molar-refractivity contribution in [1.82, 2.24) is 15.1 Å². The van der Waals surface area contributed by atoms with Crippen molar-refractivity contribution in [1.29, 1.82) is 0 Å². The first-order chi connectivity index (χ1) is 11.8. The Morgan fingerprint density at radius 2 is 1.62 bits per heavy atom. The highest BCUT2D eigenvalue weighted by Crippen LogP contribution is 2.22. The summed E-state index contributed by atoms with van der Waals surface area (Å²) in [6.07, 6.45) is 0. The van der Waals surface area contributed by atoms with Crippen molar-refractivity contribution in [3.63, 3.8) is 0 Å². The van der Waals surface area contributed by atoms with Gasteiger partial charge < -0.3 is 4.90 Å². The predicted molar refractivity (Wildman–Crippen MR) is 98.3 cm³/mol. The second-order valence-electron chi connectivity index (χ2n) is 5.44. The third-order valence-corrected chi connectivity index (χ3v) is 5.54. The molecule has 0 saturated heterocycles. The van der Waals surface area contributed by atoms with Crippen LogP contribution in [0, 0.1) is 0 Å². The predicted octanol–water partition coefficient (Wildman–Crippen LogP) is 4.53. The van der Waals surface area contributed by atoms with Gasteiger partial charge in [-0.15, -0.1) is 22.7 Å². The molecule has 4 rings (SSSR count). The Labute approximate surface area is 147 Å². The molecule has 0 saturated carbocycles. The number of hydrogen-bond donors (Lipinski definition) is 1. The largest absolute Gasteiger partial charge is 0.327 e. The van der Waals surface area contributed by atoms with Gasteiger partial charge in [0.05, 0.1) is 18.6 Å². The van der Waals surface area contributed by atoms with E-state index >= 15 is 0 Å². The summed E-state index contributed by atoms with van der Waals surface area (Å²) in [5.41, 5.74) is 1.37. The molecule has 120 valence electrons. The second kappa shape index (κ2) is 6.59. The third-order valence-electron chi connectivity index (χ3n) is 3.81. The van der Waals surface area contributed by atoms with Crippen LogP contribution in [-0.2, 0) is 13.1 Å². The van der Waals surface area contributed by atoms with Gasteiger partial charge in [-0.1, -0.05) is 30.3 Å². The Hall–Kier alpha value is -2.44. The van der Waals surface area contributed by atoms with Crippen molar-refractivity contribution < 1.29 is 4.79 Å². The first kappa shape index (κ1) is 15.1. The fourth-order valence-electron chi connectivity index (χ4n) is 2.66. The molecule has 4 aromatic rings. The number of para-hydroxylation sites is 1. The van der Waals surface area contributed by atoms with Crippen LogP contribution < -0.4 is 0 Å². The highest BCUT2D eigenvalue weighted by atomic mass is 32.1. The third kappa shape index (κ3) is 2.98. The first-order valence-electron chi connectivity index (χ1n) is 7.58. The Kier molecular flexibility index (Phi) is 4.15. The van der Waals surface area contributed by atoms with Crippen molar-refractivity contribution in [2.45, 2.75) is 13.1 Å². The van der Waals surface area contributed by atoms with E-state index in [-0.39, 0.29) is 5.91 Å². The van der Waals surface area contributed by atoms with Gasteiger partial charge in [-0.25, -0.2) is 0 Å². The lowest BCUT2D eigenvalue weighted by atomic mass is 10.2. The number of fused-ring (bicyclic) bond motifs is 1. The molecule has 0 radical (unpaired) electrons. The Morgan fingerprint density at radius 3 is 2.25 bits per heavy atom. The molecule has 0 fully saturated rings. The molecule has 0 aliphatic heterocycles. The molecule has 0 atom stereocenters. The molecule has 0 unspecified atom stereocenters. The van der Waals surface area contributed by atoms with Gasteiger partial charge in [0.15, 0.2) is 5.69 Å². The minimum Gasteiger partial charge on any atom is -0.327 e. The zero-order valence-electron chi connectivity index (χ0n) is 12.8. The summed E-state index contributed by atoms with van der Waals surface area (Å²) < 4.78 is 0. The molecule has 1 N–H and O–H groups in total. The van der Waals surface area contributed by atoms with E-state index in [2.05, 4.69) is 22.3 Å². The molecule has 1 aromatic carbocycles. The van der Waals surface area contributed by atoms with Gasteiger partial charge in [0, 0.05) is 15.1 Å². The molecular weight excluding hydrogens is 338 g/mol. The molecule has 4 nitrogen and oxygen atoms in total. The summed E-state index contributed by atoms with van der Waals surface area (Å²) in [6.45, 7) is 1.19. The highest BCUT2D eigenvalue weighted by molar-refractivity contribution is 7.10. The standard InChI is InChI=1S/C18H15N3OS2/c22-18(17-15-7-1-2-8-16(15)19-20-17)21(11-13-5-3-9-23-13)12-14-6-4-10-24-14/h1-10H,11-12H2,(H,19,20). The van der Waals surface area contributed by atoms with E-state index in [0.717, 1.165) is 10.9 Å². The van der Waals surface area contributed by atoms with Crippen LogP contribution in [0.4, 0.5) is 0 Å². The number of benzene rings is 1. The number of nitrogens with one attached hydrogen (secondary N) is 1. The van der Waals surface area contributed by atoms with Crippen molar-refractivity contribution >= 4 is 39.5 Å². The molecule has 24 heavy (non-hydrogen) atoms. The highest BCUT2D eigenvalue weighted by Gasteiger charge is 2.22. The number of thiophene rings is 2. The maximum Gasteiger partial charge on any atom is 0.275 e. The number of rotatable bonds is 5. The van der Waals surface area contributed by atoms with E-state index in [9.17, 15) is 4.79 Å². The monoisotopic (exact) mass is 353 g/mol. The molecule has 0 spiro atoms. The minimum absolute atomic E-state index is 0.0470. The lowest BCUT2D eigenvalue weighted by Gasteiger charge is -2.20. The number of hydrogen-bond acceptors (Lipinski definition) is 4. The van der Waals surface area contributed by atoms with Crippen molar-refractivity contribution in [2.24, 2.45) is 0 Å². The number of amides is 1. The van der Waals surface area contributed by atoms with Gasteiger partial charge in [-0.3, -0.25) is 9.89 Å². The van der Waals surface area contributed by atoms with E-state index in [1.807, 2.05) is 52.1 Å². The average molecular weight is 353 g/mol. The van der Waals surface area contributed by atoms with E-state index in [1.165, 1.54) is 9.75 Å². The Morgan fingerprint density at radius 1 is 0.958 bits per heavy atom. The van der Waals surface area contributed by atoms with Crippen LogP contribution in [0.2, 0.25) is 0 Å². The van der Waals surface area contributed by atoms with Crippen LogP contribution in [0.15, 0.2) is 59.3 Å². The normalized spacial score (nSPS) is 11.0. The van der Waals surface area contributed by atoms with Crippen LogP contribution >= 0.6 is 22.7 Å². The van der Waals surface area contributed by atoms with Gasteiger partial charge in [-0.2, -0.15) is 5.10 Å². The molecular formula is C18H15N3OS2. The zero-order valence-corrected chi connectivity index (χ0v) is 14.4. The molecule has 0 aliphatic carbocycles. The smallest absolute Gasteiger partial charge is 0.275 e. The number of aromatic amines is 1. The lowest BCUT2D eigenvalue weighted by molar-refractivity contribution is 0.0729. The van der Waals surface area contributed by atoms with E-state index in [4.69, 9.17) is 0 Å². The van der Waals surface area contributed by atoms with Crippen LogP contribution in [-0.4, -0.2) is 21.0 Å². The van der Waals surface area contributed by atoms with Crippen molar-refractivity contribution in [3.8, 4) is 0 Å². The van der Waals surface area contributed by atoms with Gasteiger partial charge in [0.2, 0.25) is 0 Å². The first-order valence-corrected chi connectivity index (χ1v) is 9.34. The van der Waals surface area contributed by atoms with Gasteiger partial charge >= 0.3 is 0 Å². The maximum atomic E-state index is 13.1. The molecule has 3 heterocycles. The summed E-state index contributed by atoms with van der Waals surface area (Å²) in [5, 5.41) is 12.1.